The van der Waals surface area contributed by atoms with E-state index in [0.717, 1.165) is 20.8 Å². The van der Waals surface area contributed by atoms with Crippen LogP contribution in [-0.4, -0.2) is 58.7 Å². The van der Waals surface area contributed by atoms with Gasteiger partial charge in [0.1, 0.15) is 29.4 Å². The van der Waals surface area contributed by atoms with Crippen LogP contribution in [0.2, 0.25) is 0 Å². The van der Waals surface area contributed by atoms with Crippen molar-refractivity contribution in [3.05, 3.63) is 35.0 Å². The standard InChI is InChI=1S/C22H24N4O4S2/c1-4-26(10-18(27)25-15-5-6-16-17(9-15)30-8-7-29-16)19(28)11-31-21-20-13(2)14(3)32-22(20)24-12-23-21/h5-6,9,12H,4,7-8,10-11H2,1-3H3,(H,25,27). The lowest BCUT2D eigenvalue weighted by atomic mass is 10.2. The summed E-state index contributed by atoms with van der Waals surface area (Å²) in [4.78, 5) is 37.7. The molecule has 2 amide bonds. The summed E-state index contributed by atoms with van der Waals surface area (Å²) in [6.07, 6.45) is 1.53. The van der Waals surface area contributed by atoms with Crippen molar-refractivity contribution >= 4 is 50.8 Å². The number of carbonyl (C=O) groups is 2. The number of hydrogen-bond donors (Lipinski definition) is 1. The summed E-state index contributed by atoms with van der Waals surface area (Å²) in [5.41, 5.74) is 1.75. The number of carbonyl (C=O) groups excluding carboxylic acids is 2. The molecule has 32 heavy (non-hydrogen) atoms. The number of hydrogen-bond acceptors (Lipinski definition) is 8. The molecule has 3 aromatic rings. The monoisotopic (exact) mass is 472 g/mol. The van der Waals surface area contributed by atoms with E-state index in [1.807, 2.05) is 13.8 Å². The zero-order chi connectivity index (χ0) is 22.7. The maximum absolute atomic E-state index is 12.8. The Bertz CT molecular complexity index is 1160. The lowest BCUT2D eigenvalue weighted by Gasteiger charge is -2.21. The van der Waals surface area contributed by atoms with E-state index in [1.54, 1.807) is 29.5 Å². The molecule has 0 spiro atoms. The van der Waals surface area contributed by atoms with E-state index in [-0.39, 0.29) is 24.1 Å². The summed E-state index contributed by atoms with van der Waals surface area (Å²) in [5, 5.41) is 4.63. The molecular weight excluding hydrogens is 448 g/mol. The van der Waals surface area contributed by atoms with Gasteiger partial charge in [0.15, 0.2) is 11.5 Å². The van der Waals surface area contributed by atoms with Crippen molar-refractivity contribution in [1.29, 1.82) is 0 Å². The smallest absolute Gasteiger partial charge is 0.243 e. The van der Waals surface area contributed by atoms with Gasteiger partial charge in [-0.25, -0.2) is 9.97 Å². The molecule has 0 bridgehead atoms. The number of benzene rings is 1. The predicted molar refractivity (Wildman–Crippen MR) is 126 cm³/mol. The number of amides is 2. The Hall–Kier alpha value is -2.85. The second kappa shape index (κ2) is 9.74. The molecule has 1 aliphatic heterocycles. The van der Waals surface area contributed by atoms with Crippen molar-refractivity contribution in [2.75, 3.05) is 37.4 Å². The van der Waals surface area contributed by atoms with Crippen molar-refractivity contribution in [2.45, 2.75) is 25.8 Å². The molecular formula is C22H24N4O4S2. The van der Waals surface area contributed by atoms with E-state index >= 15 is 0 Å². The fraction of sp³-hybridized carbons (Fsp3) is 0.364. The third-order valence-electron chi connectivity index (χ3n) is 5.16. The quantitative estimate of drug-likeness (QED) is 0.414. The summed E-state index contributed by atoms with van der Waals surface area (Å²) < 4.78 is 11.0. The zero-order valence-corrected chi connectivity index (χ0v) is 19.8. The van der Waals surface area contributed by atoms with Gasteiger partial charge in [-0.05, 0) is 38.5 Å². The SMILES string of the molecule is CCN(CC(=O)Nc1ccc2c(c1)OCCO2)C(=O)CSc1ncnc2sc(C)c(C)c12. The molecule has 1 aromatic carbocycles. The molecule has 0 saturated heterocycles. The molecule has 10 heteroatoms. The van der Waals surface area contributed by atoms with Gasteiger partial charge in [-0.1, -0.05) is 11.8 Å². The number of nitrogens with one attached hydrogen (secondary N) is 1. The lowest BCUT2D eigenvalue weighted by Crippen LogP contribution is -2.38. The third kappa shape index (κ3) is 4.81. The Morgan fingerprint density at radius 3 is 2.75 bits per heavy atom. The molecule has 0 saturated carbocycles. The van der Waals surface area contributed by atoms with Crippen LogP contribution in [0.5, 0.6) is 11.5 Å². The van der Waals surface area contributed by atoms with Gasteiger partial charge in [0.25, 0.3) is 0 Å². The topological polar surface area (TPSA) is 93.7 Å². The highest BCUT2D eigenvalue weighted by Gasteiger charge is 2.19. The van der Waals surface area contributed by atoms with Gasteiger partial charge >= 0.3 is 0 Å². The van der Waals surface area contributed by atoms with Crippen molar-refractivity contribution in [3.63, 3.8) is 0 Å². The van der Waals surface area contributed by atoms with E-state index in [0.29, 0.717) is 36.9 Å². The maximum Gasteiger partial charge on any atom is 0.243 e. The fourth-order valence-electron chi connectivity index (χ4n) is 3.35. The van der Waals surface area contributed by atoms with Crippen LogP contribution in [0.25, 0.3) is 10.2 Å². The average Bonchev–Trinajstić information content (AvgIpc) is 3.09. The average molecular weight is 473 g/mol. The van der Waals surface area contributed by atoms with E-state index in [9.17, 15) is 9.59 Å². The Morgan fingerprint density at radius 1 is 1.19 bits per heavy atom. The number of rotatable bonds is 7. The highest BCUT2D eigenvalue weighted by atomic mass is 32.2. The van der Waals surface area contributed by atoms with Crippen LogP contribution < -0.4 is 14.8 Å². The number of thiophene rings is 1. The van der Waals surface area contributed by atoms with Crippen LogP contribution in [0.3, 0.4) is 0 Å². The minimum Gasteiger partial charge on any atom is -0.486 e. The first-order chi connectivity index (χ1) is 15.5. The number of anilines is 1. The number of likely N-dealkylation sites (N-methyl/N-ethyl adjacent to an activating group) is 1. The number of fused-ring (bicyclic) bond motifs is 2. The molecule has 168 valence electrons. The minimum atomic E-state index is -0.268. The normalized spacial score (nSPS) is 12.6. The molecule has 4 rings (SSSR count). The highest BCUT2D eigenvalue weighted by molar-refractivity contribution is 8.00. The largest absolute Gasteiger partial charge is 0.486 e. The molecule has 0 fully saturated rings. The van der Waals surface area contributed by atoms with Gasteiger partial charge in [0.2, 0.25) is 11.8 Å². The molecule has 3 heterocycles. The number of ether oxygens (including phenoxy) is 2. The molecule has 0 radical (unpaired) electrons. The maximum atomic E-state index is 12.8. The molecule has 2 aromatic heterocycles. The Kier molecular flexibility index (Phi) is 6.80. The van der Waals surface area contributed by atoms with E-state index < -0.39 is 0 Å². The van der Waals surface area contributed by atoms with Crippen LogP contribution in [0.1, 0.15) is 17.4 Å². The van der Waals surface area contributed by atoms with Gasteiger partial charge in [-0.3, -0.25) is 9.59 Å². The van der Waals surface area contributed by atoms with Crippen LogP contribution in [0.4, 0.5) is 5.69 Å². The minimum absolute atomic E-state index is 0.0277. The number of aromatic nitrogens is 2. The van der Waals surface area contributed by atoms with Crippen molar-refractivity contribution < 1.29 is 19.1 Å². The van der Waals surface area contributed by atoms with Crippen LogP contribution in [0.15, 0.2) is 29.6 Å². The van der Waals surface area contributed by atoms with Gasteiger partial charge < -0.3 is 19.7 Å². The second-order valence-corrected chi connectivity index (χ2v) is 9.41. The zero-order valence-electron chi connectivity index (χ0n) is 18.1. The lowest BCUT2D eigenvalue weighted by molar-refractivity contribution is -0.132. The summed E-state index contributed by atoms with van der Waals surface area (Å²) in [6.45, 7) is 7.35. The molecule has 1 aliphatic rings. The second-order valence-electron chi connectivity index (χ2n) is 7.25. The molecule has 0 atom stereocenters. The van der Waals surface area contributed by atoms with Gasteiger partial charge in [-0.15, -0.1) is 11.3 Å². The first-order valence-electron chi connectivity index (χ1n) is 10.3. The van der Waals surface area contributed by atoms with Gasteiger partial charge in [0, 0.05) is 28.6 Å². The molecule has 0 aliphatic carbocycles. The van der Waals surface area contributed by atoms with Crippen molar-refractivity contribution in [1.82, 2.24) is 14.9 Å². The highest BCUT2D eigenvalue weighted by Crippen LogP contribution is 2.34. The fourth-order valence-corrected chi connectivity index (χ4v) is 5.37. The first-order valence-corrected chi connectivity index (χ1v) is 12.1. The van der Waals surface area contributed by atoms with Gasteiger partial charge in [0.05, 0.1) is 12.3 Å². The Balaban J connectivity index is 1.36. The number of nitrogens with zero attached hydrogens (tertiary/aromatic N) is 3. The number of thioether (sulfide) groups is 1. The van der Waals surface area contributed by atoms with Crippen LogP contribution >= 0.6 is 23.1 Å². The van der Waals surface area contributed by atoms with Crippen molar-refractivity contribution in [3.8, 4) is 11.5 Å². The van der Waals surface area contributed by atoms with E-state index in [4.69, 9.17) is 9.47 Å². The van der Waals surface area contributed by atoms with Crippen LogP contribution in [0, 0.1) is 13.8 Å². The van der Waals surface area contributed by atoms with Gasteiger partial charge in [-0.2, -0.15) is 0 Å². The van der Waals surface area contributed by atoms with E-state index in [1.165, 1.54) is 27.9 Å². The van der Waals surface area contributed by atoms with E-state index in [2.05, 4.69) is 22.2 Å². The molecule has 8 nitrogen and oxygen atoms in total. The Morgan fingerprint density at radius 2 is 1.97 bits per heavy atom. The van der Waals surface area contributed by atoms with Crippen molar-refractivity contribution in [2.24, 2.45) is 0 Å². The summed E-state index contributed by atoms with van der Waals surface area (Å²) in [5.74, 6) is 1.07. The summed E-state index contributed by atoms with van der Waals surface area (Å²) >= 11 is 3.00. The number of aryl methyl sites for hydroxylation is 2. The molecule has 1 N–H and O–H groups in total. The third-order valence-corrected chi connectivity index (χ3v) is 7.25. The Labute approximate surface area is 194 Å². The predicted octanol–water partition coefficient (Wildman–Crippen LogP) is 3.66. The van der Waals surface area contributed by atoms with Crippen LogP contribution in [-0.2, 0) is 9.59 Å². The summed E-state index contributed by atoms with van der Waals surface area (Å²) in [7, 11) is 0. The summed E-state index contributed by atoms with van der Waals surface area (Å²) in [6, 6.07) is 5.25. The first kappa shape index (κ1) is 22.3. The molecule has 0 unspecified atom stereocenters.